The van der Waals surface area contributed by atoms with Crippen molar-refractivity contribution in [1.29, 1.82) is 0 Å². The number of imidazole rings is 1. The van der Waals surface area contributed by atoms with Gasteiger partial charge in [-0.1, -0.05) is 18.2 Å². The van der Waals surface area contributed by atoms with Crippen molar-refractivity contribution in [1.82, 2.24) is 24.4 Å². The third-order valence-corrected chi connectivity index (χ3v) is 8.14. The Balaban J connectivity index is 1.19. The van der Waals surface area contributed by atoms with Crippen LogP contribution in [0.25, 0.3) is 11.2 Å². The standard InChI is InChI=1S/C29H30F2N6O3/c30-21-8-1-6-18(24(21)31)19-10-11-23(26-20(25(19)32)7-2-13-33-26)40-29(39)36-15-4-5-17(12-16-36)37-22-9-3-14-34-27(22)35-28(37)38/h1-3,6-9,13-14,17,19,23,25H,4-5,10-12,15-16,32H2,(H,34,35,38)/t17?,19-,23+,25-/m0/s1. The van der Waals surface area contributed by atoms with Gasteiger partial charge in [-0.25, -0.2) is 23.4 Å². The zero-order valence-electron chi connectivity index (χ0n) is 21.8. The van der Waals surface area contributed by atoms with Gasteiger partial charge in [0.1, 0.15) is 6.10 Å². The van der Waals surface area contributed by atoms with Gasteiger partial charge >= 0.3 is 11.8 Å². The van der Waals surface area contributed by atoms with Crippen LogP contribution in [-0.2, 0) is 4.74 Å². The molecule has 9 nitrogen and oxygen atoms in total. The topological polar surface area (TPSA) is 119 Å². The minimum Gasteiger partial charge on any atom is -0.440 e. The van der Waals surface area contributed by atoms with Crippen LogP contribution in [0.5, 0.6) is 0 Å². The molecule has 6 rings (SSSR count). The molecule has 1 aromatic carbocycles. The number of ether oxygens (including phenoxy) is 1. The van der Waals surface area contributed by atoms with Crippen molar-refractivity contribution in [3.05, 3.63) is 93.8 Å². The van der Waals surface area contributed by atoms with E-state index in [1.807, 2.05) is 6.07 Å². The number of benzene rings is 1. The fourth-order valence-electron chi connectivity index (χ4n) is 6.15. The zero-order chi connectivity index (χ0) is 27.8. The van der Waals surface area contributed by atoms with E-state index in [1.165, 1.54) is 6.07 Å². The molecule has 1 aliphatic carbocycles. The Morgan fingerprint density at radius 2 is 1.77 bits per heavy atom. The number of carbonyl (C=O) groups is 1. The van der Waals surface area contributed by atoms with Crippen molar-refractivity contribution in [2.75, 3.05) is 13.1 Å². The lowest BCUT2D eigenvalue weighted by molar-refractivity contribution is 0.0564. The Labute approximate surface area is 229 Å². The number of carbonyl (C=O) groups excluding carboxylic acids is 1. The molecule has 3 N–H and O–H groups in total. The lowest BCUT2D eigenvalue weighted by Gasteiger charge is -2.24. The Morgan fingerprint density at radius 1 is 0.975 bits per heavy atom. The molecule has 0 spiro atoms. The van der Waals surface area contributed by atoms with Gasteiger partial charge in [0.15, 0.2) is 17.3 Å². The van der Waals surface area contributed by atoms with Crippen molar-refractivity contribution in [2.45, 2.75) is 56.2 Å². The third-order valence-electron chi connectivity index (χ3n) is 8.14. The number of pyridine rings is 2. The minimum absolute atomic E-state index is 0.0801. The third kappa shape index (κ3) is 4.74. The van der Waals surface area contributed by atoms with Crippen LogP contribution in [-0.4, -0.2) is 43.6 Å². The molecule has 11 heteroatoms. The van der Waals surface area contributed by atoms with Gasteiger partial charge in [0, 0.05) is 43.5 Å². The monoisotopic (exact) mass is 548 g/mol. The quantitative estimate of drug-likeness (QED) is 0.352. The lowest BCUT2D eigenvalue weighted by Crippen LogP contribution is -2.34. The predicted octanol–water partition coefficient (Wildman–Crippen LogP) is 4.88. The van der Waals surface area contributed by atoms with E-state index in [2.05, 4.69) is 15.0 Å². The SMILES string of the molecule is N[C@@H]1c2cccnc2[C@H](OC(=O)N2CCCC(n3c(=O)[nH]c4ncccc43)CC2)CC[C@H]1c1cccc(F)c1F. The van der Waals surface area contributed by atoms with E-state index in [4.69, 9.17) is 10.5 Å². The van der Waals surface area contributed by atoms with Gasteiger partial charge in [0.2, 0.25) is 0 Å². The van der Waals surface area contributed by atoms with Crippen LogP contribution < -0.4 is 11.4 Å². The van der Waals surface area contributed by atoms with Crippen molar-refractivity contribution < 1.29 is 18.3 Å². The molecule has 1 fully saturated rings. The molecular formula is C29H30F2N6O3. The van der Waals surface area contributed by atoms with E-state index in [0.717, 1.165) is 18.0 Å². The fraction of sp³-hybridized carbons (Fsp3) is 0.379. The molecule has 4 atom stereocenters. The molecular weight excluding hydrogens is 518 g/mol. The summed E-state index contributed by atoms with van der Waals surface area (Å²) in [6.07, 6.45) is 4.85. The number of nitrogens with zero attached hydrogens (tertiary/aromatic N) is 4. The van der Waals surface area contributed by atoms with Crippen LogP contribution in [0.3, 0.4) is 0 Å². The summed E-state index contributed by atoms with van der Waals surface area (Å²) in [5, 5.41) is 0. The van der Waals surface area contributed by atoms with Gasteiger partial charge < -0.3 is 15.4 Å². The number of H-pyrrole nitrogens is 1. The van der Waals surface area contributed by atoms with E-state index in [-0.39, 0.29) is 17.3 Å². The van der Waals surface area contributed by atoms with Crippen LogP contribution >= 0.6 is 0 Å². The first kappa shape index (κ1) is 26.1. The normalized spacial score (nSPS) is 23.3. The average molecular weight is 549 g/mol. The highest BCUT2D eigenvalue weighted by molar-refractivity contribution is 5.70. The molecule has 4 aromatic rings. The zero-order valence-corrected chi connectivity index (χ0v) is 21.8. The maximum absolute atomic E-state index is 14.7. The number of rotatable bonds is 3. The van der Waals surface area contributed by atoms with E-state index in [1.54, 1.807) is 46.1 Å². The van der Waals surface area contributed by atoms with Crippen LogP contribution in [0.2, 0.25) is 0 Å². The Hall–Kier alpha value is -4.12. The first-order valence-corrected chi connectivity index (χ1v) is 13.6. The number of nitrogens with two attached hydrogens (primary N) is 1. The molecule has 1 amide bonds. The lowest BCUT2D eigenvalue weighted by atomic mass is 9.86. The van der Waals surface area contributed by atoms with Crippen LogP contribution in [0.15, 0.2) is 59.7 Å². The highest BCUT2D eigenvalue weighted by atomic mass is 19.2. The fourth-order valence-corrected chi connectivity index (χ4v) is 6.15. The Kier molecular flexibility index (Phi) is 7.05. The minimum atomic E-state index is -0.922. The number of aromatic amines is 1. The summed E-state index contributed by atoms with van der Waals surface area (Å²) in [4.78, 5) is 39.3. The summed E-state index contributed by atoms with van der Waals surface area (Å²) in [6.45, 7) is 0.907. The van der Waals surface area contributed by atoms with E-state index in [0.29, 0.717) is 55.7 Å². The molecule has 0 radical (unpaired) electrons. The van der Waals surface area contributed by atoms with Gasteiger partial charge in [-0.05, 0) is 67.5 Å². The molecule has 0 saturated carbocycles. The van der Waals surface area contributed by atoms with E-state index < -0.39 is 35.8 Å². The number of likely N-dealkylation sites (tertiary alicyclic amines) is 1. The molecule has 0 bridgehead atoms. The van der Waals surface area contributed by atoms with Gasteiger partial charge in [-0.15, -0.1) is 0 Å². The van der Waals surface area contributed by atoms with Crippen LogP contribution in [0.4, 0.5) is 13.6 Å². The molecule has 40 heavy (non-hydrogen) atoms. The van der Waals surface area contributed by atoms with Gasteiger partial charge in [0.05, 0.1) is 11.2 Å². The number of fused-ring (bicyclic) bond motifs is 2. The maximum atomic E-state index is 14.7. The number of aromatic nitrogens is 4. The molecule has 4 heterocycles. The Bertz CT molecular complexity index is 1600. The highest BCUT2D eigenvalue weighted by Gasteiger charge is 2.36. The van der Waals surface area contributed by atoms with Crippen molar-refractivity contribution in [3.8, 4) is 0 Å². The van der Waals surface area contributed by atoms with E-state index in [9.17, 15) is 18.4 Å². The second-order valence-electron chi connectivity index (χ2n) is 10.4. The molecule has 208 valence electrons. The first-order chi connectivity index (χ1) is 19.4. The highest BCUT2D eigenvalue weighted by Crippen LogP contribution is 2.43. The summed E-state index contributed by atoms with van der Waals surface area (Å²) in [6, 6.07) is 10.6. The summed E-state index contributed by atoms with van der Waals surface area (Å²) < 4.78 is 36.5. The number of hydrogen-bond donors (Lipinski definition) is 2. The Morgan fingerprint density at radius 3 is 2.65 bits per heavy atom. The van der Waals surface area contributed by atoms with Gasteiger partial charge in [-0.2, -0.15) is 0 Å². The van der Waals surface area contributed by atoms with Gasteiger partial charge in [-0.3, -0.25) is 14.5 Å². The summed E-state index contributed by atoms with van der Waals surface area (Å²) >= 11 is 0. The summed E-state index contributed by atoms with van der Waals surface area (Å²) in [7, 11) is 0. The molecule has 3 aromatic heterocycles. The van der Waals surface area contributed by atoms with Crippen LogP contribution in [0.1, 0.15) is 73.0 Å². The summed E-state index contributed by atoms with van der Waals surface area (Å²) in [5.41, 5.74) is 9.06. The number of amides is 1. The number of nitrogens with one attached hydrogen (secondary N) is 1. The molecule has 1 unspecified atom stereocenters. The second kappa shape index (κ2) is 10.8. The number of hydrogen-bond acceptors (Lipinski definition) is 6. The molecule has 1 saturated heterocycles. The second-order valence-corrected chi connectivity index (χ2v) is 10.4. The molecule has 2 aliphatic rings. The van der Waals surface area contributed by atoms with Crippen LogP contribution in [0, 0.1) is 11.6 Å². The smallest absolute Gasteiger partial charge is 0.410 e. The largest absolute Gasteiger partial charge is 0.440 e. The van der Waals surface area contributed by atoms with E-state index >= 15 is 0 Å². The summed E-state index contributed by atoms with van der Waals surface area (Å²) in [5.74, 6) is -2.34. The predicted molar refractivity (Wildman–Crippen MR) is 144 cm³/mol. The maximum Gasteiger partial charge on any atom is 0.410 e. The average Bonchev–Trinajstić information content (AvgIpc) is 3.07. The van der Waals surface area contributed by atoms with Crippen molar-refractivity contribution >= 4 is 17.3 Å². The van der Waals surface area contributed by atoms with Crippen molar-refractivity contribution in [2.24, 2.45) is 5.73 Å². The van der Waals surface area contributed by atoms with Gasteiger partial charge in [0.25, 0.3) is 0 Å². The molecule has 1 aliphatic heterocycles. The number of halogens is 2. The first-order valence-electron chi connectivity index (χ1n) is 13.6. The van der Waals surface area contributed by atoms with Crippen molar-refractivity contribution in [3.63, 3.8) is 0 Å².